The van der Waals surface area contributed by atoms with Gasteiger partial charge in [-0.25, -0.2) is 0 Å². The van der Waals surface area contributed by atoms with Crippen LogP contribution in [0.1, 0.15) is 49.5 Å². The number of hydrogen-bond acceptors (Lipinski definition) is 2. The number of benzene rings is 1. The van der Waals surface area contributed by atoms with Crippen LogP contribution in [0.2, 0.25) is 0 Å². The minimum atomic E-state index is -0.467. The van der Waals surface area contributed by atoms with Crippen LogP contribution in [0.25, 0.3) is 0 Å². The first-order valence-corrected chi connectivity index (χ1v) is 7.28. The molecule has 0 heterocycles. The van der Waals surface area contributed by atoms with Gasteiger partial charge in [-0.15, -0.1) is 0 Å². The highest BCUT2D eigenvalue weighted by atomic mass is 79.9. The van der Waals surface area contributed by atoms with Crippen LogP contribution in [0.4, 0.5) is 0 Å². The molecular formula is C15H23BrO2. The summed E-state index contributed by atoms with van der Waals surface area (Å²) in [6.07, 6.45) is 1.46. The Kier molecular flexibility index (Phi) is 5.67. The predicted octanol–water partition coefficient (Wildman–Crippen LogP) is 4.54. The van der Waals surface area contributed by atoms with E-state index in [9.17, 15) is 5.11 Å². The van der Waals surface area contributed by atoms with E-state index in [-0.39, 0.29) is 5.92 Å². The van der Waals surface area contributed by atoms with Gasteiger partial charge in [0.25, 0.3) is 0 Å². The average Bonchev–Trinajstić information content (AvgIpc) is 2.34. The van der Waals surface area contributed by atoms with Crippen molar-refractivity contribution < 1.29 is 9.84 Å². The maximum absolute atomic E-state index is 10.6. The first-order chi connectivity index (χ1) is 8.47. The molecule has 1 N–H and O–H groups in total. The lowest BCUT2D eigenvalue weighted by atomic mass is 9.87. The van der Waals surface area contributed by atoms with Crippen molar-refractivity contribution in [1.29, 1.82) is 0 Å². The third-order valence-corrected chi connectivity index (χ3v) is 4.53. The number of rotatable bonds is 5. The predicted molar refractivity (Wildman–Crippen MR) is 79.2 cm³/mol. The summed E-state index contributed by atoms with van der Waals surface area (Å²) in [6.45, 7) is 8.26. The lowest BCUT2D eigenvalue weighted by Gasteiger charge is -2.25. The molecule has 1 aromatic rings. The van der Waals surface area contributed by atoms with Crippen LogP contribution in [-0.4, -0.2) is 12.2 Å². The van der Waals surface area contributed by atoms with Crippen molar-refractivity contribution in [3.8, 4) is 5.75 Å². The maximum atomic E-state index is 10.6. The van der Waals surface area contributed by atoms with Gasteiger partial charge >= 0.3 is 0 Å². The molecule has 0 radical (unpaired) electrons. The highest BCUT2D eigenvalue weighted by molar-refractivity contribution is 9.10. The van der Waals surface area contributed by atoms with Gasteiger partial charge in [0.15, 0.2) is 0 Å². The first-order valence-electron chi connectivity index (χ1n) is 6.49. The van der Waals surface area contributed by atoms with E-state index in [4.69, 9.17) is 4.74 Å². The highest BCUT2D eigenvalue weighted by Crippen LogP contribution is 2.40. The molecule has 0 saturated heterocycles. The number of hydrogen-bond donors (Lipinski definition) is 1. The zero-order chi connectivity index (χ0) is 13.9. The van der Waals surface area contributed by atoms with Gasteiger partial charge in [0.05, 0.1) is 13.2 Å². The molecule has 0 bridgehead atoms. The number of aryl methyl sites for hydroxylation is 1. The fraction of sp³-hybridized carbons (Fsp3) is 0.600. The van der Waals surface area contributed by atoms with Crippen LogP contribution < -0.4 is 4.74 Å². The Morgan fingerprint density at radius 1 is 1.28 bits per heavy atom. The molecule has 0 fully saturated rings. The molecule has 0 spiro atoms. The van der Waals surface area contributed by atoms with E-state index in [2.05, 4.69) is 29.8 Å². The number of aliphatic hydroxyl groups is 1. The fourth-order valence-corrected chi connectivity index (χ4v) is 3.03. The topological polar surface area (TPSA) is 29.5 Å². The van der Waals surface area contributed by atoms with Crippen LogP contribution in [0.5, 0.6) is 5.75 Å². The SMILES string of the molecule is CCC(CC)C(O)c1c(C)c(Br)cc(C)c1OC. The molecule has 0 aliphatic carbocycles. The Morgan fingerprint density at radius 3 is 2.28 bits per heavy atom. The van der Waals surface area contributed by atoms with Gasteiger partial charge < -0.3 is 9.84 Å². The minimum Gasteiger partial charge on any atom is -0.496 e. The fourth-order valence-electron chi connectivity index (χ4n) is 2.47. The smallest absolute Gasteiger partial charge is 0.127 e. The summed E-state index contributed by atoms with van der Waals surface area (Å²) >= 11 is 3.55. The van der Waals surface area contributed by atoms with E-state index >= 15 is 0 Å². The van der Waals surface area contributed by atoms with E-state index in [0.717, 1.165) is 39.8 Å². The molecule has 0 saturated carbocycles. The van der Waals surface area contributed by atoms with Crippen molar-refractivity contribution in [3.05, 3.63) is 27.2 Å². The molecule has 0 aliphatic heterocycles. The normalized spacial score (nSPS) is 12.9. The molecule has 1 rings (SSSR count). The summed E-state index contributed by atoms with van der Waals surface area (Å²) in [4.78, 5) is 0. The molecule has 3 heteroatoms. The summed E-state index contributed by atoms with van der Waals surface area (Å²) in [5, 5.41) is 10.6. The lowest BCUT2D eigenvalue weighted by Crippen LogP contribution is -2.14. The molecule has 1 atom stereocenters. The molecule has 0 aliphatic rings. The van der Waals surface area contributed by atoms with Crippen LogP contribution >= 0.6 is 15.9 Å². The van der Waals surface area contributed by atoms with Gasteiger partial charge in [-0.1, -0.05) is 42.6 Å². The Labute approximate surface area is 118 Å². The quantitative estimate of drug-likeness (QED) is 0.864. The van der Waals surface area contributed by atoms with Gasteiger partial charge in [0.1, 0.15) is 5.75 Å². The molecule has 0 amide bonds. The molecule has 1 aromatic carbocycles. The minimum absolute atomic E-state index is 0.270. The number of aliphatic hydroxyl groups excluding tert-OH is 1. The van der Waals surface area contributed by atoms with Gasteiger partial charge in [0, 0.05) is 10.0 Å². The van der Waals surface area contributed by atoms with E-state index in [1.165, 1.54) is 0 Å². The van der Waals surface area contributed by atoms with Gasteiger partial charge in [0.2, 0.25) is 0 Å². The van der Waals surface area contributed by atoms with Crippen LogP contribution in [0, 0.1) is 19.8 Å². The second-order valence-corrected chi connectivity index (χ2v) is 5.62. The molecule has 102 valence electrons. The zero-order valence-corrected chi connectivity index (χ0v) is 13.5. The average molecular weight is 315 g/mol. The summed E-state index contributed by atoms with van der Waals surface area (Å²) in [5.41, 5.74) is 3.05. The molecule has 18 heavy (non-hydrogen) atoms. The van der Waals surface area contributed by atoms with Crippen molar-refractivity contribution in [1.82, 2.24) is 0 Å². The van der Waals surface area contributed by atoms with E-state index in [1.54, 1.807) is 7.11 Å². The molecule has 2 nitrogen and oxygen atoms in total. The van der Waals surface area contributed by atoms with E-state index in [1.807, 2.05) is 19.9 Å². The van der Waals surface area contributed by atoms with Gasteiger partial charge in [-0.3, -0.25) is 0 Å². The van der Waals surface area contributed by atoms with E-state index < -0.39 is 6.10 Å². The molecule has 1 unspecified atom stereocenters. The third-order valence-electron chi connectivity index (χ3n) is 3.70. The third kappa shape index (κ3) is 2.89. The highest BCUT2D eigenvalue weighted by Gasteiger charge is 2.25. The molecular weight excluding hydrogens is 292 g/mol. The Balaban J connectivity index is 3.37. The summed E-state index contributed by atoms with van der Waals surface area (Å²) in [5.74, 6) is 1.08. The van der Waals surface area contributed by atoms with Crippen molar-refractivity contribution in [2.45, 2.75) is 46.6 Å². The Hall–Kier alpha value is -0.540. The number of ether oxygens (including phenoxy) is 1. The summed E-state index contributed by atoms with van der Waals surface area (Å²) in [7, 11) is 1.67. The lowest BCUT2D eigenvalue weighted by molar-refractivity contribution is 0.0996. The standard InChI is InChI=1S/C15H23BrO2/c1-6-11(7-2)14(17)13-10(4)12(16)8-9(3)15(13)18-5/h8,11,14,17H,6-7H2,1-5H3. The summed E-state index contributed by atoms with van der Waals surface area (Å²) in [6, 6.07) is 2.04. The summed E-state index contributed by atoms with van der Waals surface area (Å²) < 4.78 is 6.52. The van der Waals surface area contributed by atoms with Crippen molar-refractivity contribution in [3.63, 3.8) is 0 Å². The molecule has 0 aromatic heterocycles. The monoisotopic (exact) mass is 314 g/mol. The second-order valence-electron chi connectivity index (χ2n) is 4.77. The van der Waals surface area contributed by atoms with Crippen molar-refractivity contribution in [2.24, 2.45) is 5.92 Å². The van der Waals surface area contributed by atoms with Gasteiger partial charge in [-0.05, 0) is 37.0 Å². The zero-order valence-electron chi connectivity index (χ0n) is 11.9. The van der Waals surface area contributed by atoms with Crippen LogP contribution in [0.3, 0.4) is 0 Å². The Morgan fingerprint density at radius 2 is 1.83 bits per heavy atom. The van der Waals surface area contributed by atoms with Crippen molar-refractivity contribution >= 4 is 15.9 Å². The number of methoxy groups -OCH3 is 1. The van der Waals surface area contributed by atoms with Crippen LogP contribution in [-0.2, 0) is 0 Å². The van der Waals surface area contributed by atoms with Gasteiger partial charge in [-0.2, -0.15) is 0 Å². The van der Waals surface area contributed by atoms with Crippen LogP contribution in [0.15, 0.2) is 10.5 Å². The Bertz CT molecular complexity index is 411. The largest absolute Gasteiger partial charge is 0.496 e. The number of halogens is 1. The van der Waals surface area contributed by atoms with E-state index in [0.29, 0.717) is 0 Å². The second kappa shape index (κ2) is 6.58. The maximum Gasteiger partial charge on any atom is 0.127 e. The van der Waals surface area contributed by atoms with Crippen molar-refractivity contribution in [2.75, 3.05) is 7.11 Å². The first kappa shape index (κ1) is 15.5.